The lowest BCUT2D eigenvalue weighted by atomic mass is 9.79. The molecule has 8 nitrogen and oxygen atoms in total. The van der Waals surface area contributed by atoms with Crippen molar-refractivity contribution < 1.29 is 9.66 Å². The highest BCUT2D eigenvalue weighted by Crippen LogP contribution is 2.35. The Morgan fingerprint density at radius 2 is 1.88 bits per heavy atom. The molecular weight excluding hydrogens is 310 g/mol. The minimum atomic E-state index is -0.489. The van der Waals surface area contributed by atoms with Gasteiger partial charge in [-0.05, 0) is 54.4 Å². The summed E-state index contributed by atoms with van der Waals surface area (Å²) in [5, 5.41) is 18.3. The third-order valence-electron chi connectivity index (χ3n) is 3.85. The Hall–Kier alpha value is -1.96. The number of hydrogen-bond acceptors (Lipinski definition) is 7. The van der Waals surface area contributed by atoms with Gasteiger partial charge in [0.25, 0.3) is 5.88 Å². The van der Waals surface area contributed by atoms with Crippen molar-refractivity contribution in [2.75, 3.05) is 5.32 Å². The fraction of sp³-hybridized carbons (Fsp3) is 0.750. The summed E-state index contributed by atoms with van der Waals surface area (Å²) in [6.45, 7) is 12.1. The fourth-order valence-electron chi connectivity index (χ4n) is 3.56. The van der Waals surface area contributed by atoms with Crippen LogP contribution in [0.25, 0.3) is 0 Å². The molecular formula is C16H27N5O3. The number of rotatable bonds is 5. The largest absolute Gasteiger partial charge is 0.470 e. The summed E-state index contributed by atoms with van der Waals surface area (Å²) < 4.78 is 5.47. The molecule has 0 radical (unpaired) electrons. The molecule has 0 aromatic carbocycles. The Bertz CT molecular complexity index is 600. The van der Waals surface area contributed by atoms with Crippen molar-refractivity contribution in [3.63, 3.8) is 0 Å². The zero-order chi connectivity index (χ0) is 18.1. The predicted molar refractivity (Wildman–Crippen MR) is 92.4 cm³/mol. The van der Waals surface area contributed by atoms with Crippen molar-refractivity contribution in [2.45, 2.75) is 77.6 Å². The lowest BCUT2D eigenvalue weighted by Gasteiger charge is -2.46. The first-order valence-corrected chi connectivity index (χ1v) is 8.21. The van der Waals surface area contributed by atoms with Gasteiger partial charge in [-0.3, -0.25) is 10.1 Å². The van der Waals surface area contributed by atoms with E-state index in [9.17, 15) is 10.1 Å². The zero-order valence-corrected chi connectivity index (χ0v) is 15.2. The topological polar surface area (TPSA) is 102 Å². The van der Waals surface area contributed by atoms with E-state index in [4.69, 9.17) is 4.74 Å². The molecule has 2 N–H and O–H groups in total. The van der Waals surface area contributed by atoms with Gasteiger partial charge in [-0.25, -0.2) is 4.98 Å². The van der Waals surface area contributed by atoms with E-state index >= 15 is 0 Å². The van der Waals surface area contributed by atoms with E-state index in [1.807, 2.05) is 0 Å². The molecule has 2 heterocycles. The number of hydrogen-bond donors (Lipinski definition) is 2. The number of piperidine rings is 1. The molecule has 2 rings (SSSR count). The van der Waals surface area contributed by atoms with Gasteiger partial charge < -0.3 is 15.4 Å². The van der Waals surface area contributed by atoms with Crippen LogP contribution in [0.15, 0.2) is 6.33 Å². The lowest BCUT2D eigenvalue weighted by molar-refractivity contribution is -0.385. The van der Waals surface area contributed by atoms with Crippen molar-refractivity contribution >= 4 is 11.5 Å². The van der Waals surface area contributed by atoms with Crippen LogP contribution in [0.4, 0.5) is 11.5 Å². The maximum absolute atomic E-state index is 11.5. The summed E-state index contributed by atoms with van der Waals surface area (Å²) in [5.74, 6) is 0.212. The van der Waals surface area contributed by atoms with Crippen LogP contribution < -0.4 is 15.4 Å². The van der Waals surface area contributed by atoms with Crippen molar-refractivity contribution in [3.8, 4) is 5.88 Å². The van der Waals surface area contributed by atoms with Crippen molar-refractivity contribution in [3.05, 3.63) is 16.4 Å². The zero-order valence-electron chi connectivity index (χ0n) is 15.2. The van der Waals surface area contributed by atoms with E-state index in [0.717, 1.165) is 12.8 Å². The Morgan fingerprint density at radius 1 is 1.29 bits per heavy atom. The molecule has 1 aliphatic heterocycles. The van der Waals surface area contributed by atoms with Gasteiger partial charge in [0.05, 0.1) is 11.0 Å². The van der Waals surface area contributed by atoms with E-state index in [0.29, 0.717) is 0 Å². The highest BCUT2D eigenvalue weighted by atomic mass is 16.6. The summed E-state index contributed by atoms with van der Waals surface area (Å²) in [6.07, 6.45) is 2.75. The molecule has 0 amide bonds. The molecule has 1 aliphatic rings. The monoisotopic (exact) mass is 337 g/mol. The average Bonchev–Trinajstić information content (AvgIpc) is 2.33. The number of nitro groups is 1. The van der Waals surface area contributed by atoms with Gasteiger partial charge in [-0.2, -0.15) is 4.98 Å². The molecule has 0 spiro atoms. The summed E-state index contributed by atoms with van der Waals surface area (Å²) >= 11 is 0. The van der Waals surface area contributed by atoms with Gasteiger partial charge in [-0.15, -0.1) is 0 Å². The smallest absolute Gasteiger partial charge is 0.372 e. The first-order valence-electron chi connectivity index (χ1n) is 8.21. The number of nitrogens with one attached hydrogen (secondary N) is 2. The summed E-state index contributed by atoms with van der Waals surface area (Å²) in [5.41, 5.74) is -0.350. The second-order valence-corrected chi connectivity index (χ2v) is 7.94. The third-order valence-corrected chi connectivity index (χ3v) is 3.85. The van der Waals surface area contributed by atoms with E-state index in [1.165, 1.54) is 6.33 Å². The third kappa shape index (κ3) is 4.53. The predicted octanol–water partition coefficient (Wildman–Crippen LogP) is 2.89. The van der Waals surface area contributed by atoms with E-state index in [-0.39, 0.29) is 40.6 Å². The number of ether oxygens (including phenoxy) is 1. The quantitative estimate of drug-likeness (QED) is 0.629. The van der Waals surface area contributed by atoms with Crippen LogP contribution in [-0.2, 0) is 0 Å². The first kappa shape index (κ1) is 18.4. The van der Waals surface area contributed by atoms with Crippen LogP contribution in [0.3, 0.4) is 0 Å². The molecule has 0 atom stereocenters. The van der Waals surface area contributed by atoms with Gasteiger partial charge in [-0.1, -0.05) is 0 Å². The summed E-state index contributed by atoms with van der Waals surface area (Å²) in [4.78, 5) is 19.0. The molecule has 0 bridgehead atoms. The first-order chi connectivity index (χ1) is 11.0. The van der Waals surface area contributed by atoms with Crippen LogP contribution in [0.5, 0.6) is 5.88 Å². The standard InChI is InChI=1S/C16H27N5O3/c1-10(2)24-14-12(21(22)23)13(17-9-18-14)19-11-7-15(3,4)20-16(5,6)8-11/h9-11,20H,7-8H2,1-6H3,(H,17,18,19). The summed E-state index contributed by atoms with van der Waals surface area (Å²) in [7, 11) is 0. The van der Waals surface area contributed by atoms with Gasteiger partial charge in [0.15, 0.2) is 0 Å². The second-order valence-electron chi connectivity index (χ2n) is 7.94. The Morgan fingerprint density at radius 3 is 2.38 bits per heavy atom. The van der Waals surface area contributed by atoms with Gasteiger partial charge in [0.1, 0.15) is 6.33 Å². The molecule has 134 valence electrons. The molecule has 1 aromatic heterocycles. The maximum atomic E-state index is 11.5. The lowest BCUT2D eigenvalue weighted by Crippen LogP contribution is -2.60. The molecule has 0 unspecified atom stereocenters. The van der Waals surface area contributed by atoms with Gasteiger partial charge in [0.2, 0.25) is 5.82 Å². The average molecular weight is 337 g/mol. The molecule has 1 saturated heterocycles. The van der Waals surface area contributed by atoms with Crippen molar-refractivity contribution in [2.24, 2.45) is 0 Å². The fourth-order valence-corrected chi connectivity index (χ4v) is 3.56. The van der Waals surface area contributed by atoms with Crippen LogP contribution in [0.2, 0.25) is 0 Å². The molecule has 1 fully saturated rings. The second kappa shape index (κ2) is 6.51. The van der Waals surface area contributed by atoms with Crippen LogP contribution in [-0.4, -0.2) is 38.1 Å². The SMILES string of the molecule is CC(C)Oc1ncnc(NC2CC(C)(C)NC(C)(C)C2)c1[N+](=O)[O-]. The number of nitrogens with zero attached hydrogens (tertiary/aromatic N) is 3. The highest BCUT2D eigenvalue weighted by molar-refractivity contribution is 5.61. The van der Waals surface area contributed by atoms with Gasteiger partial charge in [0, 0.05) is 17.1 Å². The molecule has 8 heteroatoms. The Kier molecular flexibility index (Phi) is 4.98. The Balaban J connectivity index is 2.30. The van der Waals surface area contributed by atoms with E-state index < -0.39 is 4.92 Å². The van der Waals surface area contributed by atoms with Crippen LogP contribution in [0.1, 0.15) is 54.4 Å². The molecule has 1 aromatic rings. The molecule has 0 aliphatic carbocycles. The molecule has 24 heavy (non-hydrogen) atoms. The number of aromatic nitrogens is 2. The normalized spacial score (nSPS) is 20.0. The van der Waals surface area contributed by atoms with E-state index in [1.54, 1.807) is 13.8 Å². The minimum absolute atomic E-state index is 0.0000418. The van der Waals surface area contributed by atoms with Crippen LogP contribution in [0, 0.1) is 10.1 Å². The highest BCUT2D eigenvalue weighted by Gasteiger charge is 2.39. The summed E-state index contributed by atoms with van der Waals surface area (Å²) in [6, 6.07) is 0.0664. The van der Waals surface area contributed by atoms with Crippen molar-refractivity contribution in [1.82, 2.24) is 15.3 Å². The van der Waals surface area contributed by atoms with Crippen LogP contribution >= 0.6 is 0 Å². The van der Waals surface area contributed by atoms with Crippen molar-refractivity contribution in [1.29, 1.82) is 0 Å². The van der Waals surface area contributed by atoms with Gasteiger partial charge >= 0.3 is 5.69 Å². The molecule has 0 saturated carbocycles. The maximum Gasteiger partial charge on any atom is 0.372 e. The minimum Gasteiger partial charge on any atom is -0.470 e. The number of anilines is 1. The van der Waals surface area contributed by atoms with E-state index in [2.05, 4.69) is 48.3 Å². The Labute approximate surface area is 142 Å².